The molecule has 0 fully saturated rings. The summed E-state index contributed by atoms with van der Waals surface area (Å²) in [6, 6.07) is 8.61. The maximum absolute atomic E-state index is 9.41. The van der Waals surface area contributed by atoms with Gasteiger partial charge in [-0.15, -0.1) is 0 Å². The van der Waals surface area contributed by atoms with Crippen molar-refractivity contribution in [2.24, 2.45) is 0 Å². The zero-order valence-corrected chi connectivity index (χ0v) is 10.6. The Kier molecular flexibility index (Phi) is 2.92. The van der Waals surface area contributed by atoms with E-state index in [9.17, 15) is 5.11 Å². The molecule has 2 heterocycles. The van der Waals surface area contributed by atoms with E-state index in [2.05, 4.69) is 42.0 Å². The lowest BCUT2D eigenvalue weighted by atomic mass is 10.1. The van der Waals surface area contributed by atoms with E-state index in [1.54, 1.807) is 0 Å². The molecule has 2 aromatic rings. The van der Waals surface area contributed by atoms with Crippen LogP contribution in [0.1, 0.15) is 30.3 Å². The van der Waals surface area contributed by atoms with Crippen LogP contribution in [0.2, 0.25) is 0 Å². The summed E-state index contributed by atoms with van der Waals surface area (Å²) in [7, 11) is 0. The molecule has 0 saturated heterocycles. The molecule has 0 spiro atoms. The maximum atomic E-state index is 9.41. The van der Waals surface area contributed by atoms with Gasteiger partial charge < -0.3 is 9.67 Å². The van der Waals surface area contributed by atoms with Gasteiger partial charge in [-0.25, -0.2) is 4.98 Å². The molecule has 1 atom stereocenters. The molecule has 3 rings (SSSR count). The SMILES string of the molecule is Cc1cccc(-c2cn3c(n2)CCCC3CO)c1. The van der Waals surface area contributed by atoms with Gasteiger partial charge in [0.15, 0.2) is 0 Å². The van der Waals surface area contributed by atoms with Crippen LogP contribution < -0.4 is 0 Å². The first-order chi connectivity index (χ1) is 8.78. The third-order valence-corrected chi connectivity index (χ3v) is 3.66. The van der Waals surface area contributed by atoms with Gasteiger partial charge in [-0.05, 0) is 25.8 Å². The highest BCUT2D eigenvalue weighted by Crippen LogP contribution is 2.28. The molecule has 1 unspecified atom stereocenters. The van der Waals surface area contributed by atoms with Crippen LogP contribution in [-0.4, -0.2) is 21.3 Å². The predicted molar refractivity (Wildman–Crippen MR) is 71.5 cm³/mol. The van der Waals surface area contributed by atoms with Crippen molar-refractivity contribution in [1.29, 1.82) is 0 Å². The quantitative estimate of drug-likeness (QED) is 0.879. The van der Waals surface area contributed by atoms with Crippen molar-refractivity contribution in [3.05, 3.63) is 41.9 Å². The van der Waals surface area contributed by atoms with Crippen LogP contribution in [0.15, 0.2) is 30.5 Å². The number of aliphatic hydroxyl groups excluding tert-OH is 1. The van der Waals surface area contributed by atoms with Crippen LogP contribution in [0.4, 0.5) is 0 Å². The molecule has 0 bridgehead atoms. The second-order valence-corrected chi connectivity index (χ2v) is 5.05. The van der Waals surface area contributed by atoms with Gasteiger partial charge in [0.1, 0.15) is 5.82 Å². The highest BCUT2D eigenvalue weighted by molar-refractivity contribution is 5.59. The first kappa shape index (κ1) is 11.5. The number of aromatic nitrogens is 2. The second-order valence-electron chi connectivity index (χ2n) is 5.05. The van der Waals surface area contributed by atoms with Gasteiger partial charge in [0.05, 0.1) is 18.3 Å². The molecule has 3 heteroatoms. The van der Waals surface area contributed by atoms with Crippen molar-refractivity contribution in [3.8, 4) is 11.3 Å². The Bertz CT molecular complexity index is 559. The van der Waals surface area contributed by atoms with Crippen molar-refractivity contribution in [3.63, 3.8) is 0 Å². The summed E-state index contributed by atoms with van der Waals surface area (Å²) in [5.41, 5.74) is 3.43. The summed E-state index contributed by atoms with van der Waals surface area (Å²) in [6.07, 6.45) is 5.27. The van der Waals surface area contributed by atoms with Crippen LogP contribution in [0.5, 0.6) is 0 Å². The number of aliphatic hydroxyl groups is 1. The number of rotatable bonds is 2. The Morgan fingerprint density at radius 3 is 3.11 bits per heavy atom. The first-order valence-electron chi connectivity index (χ1n) is 6.53. The van der Waals surface area contributed by atoms with E-state index in [-0.39, 0.29) is 12.6 Å². The summed E-state index contributed by atoms with van der Waals surface area (Å²) in [5, 5.41) is 9.41. The van der Waals surface area contributed by atoms with E-state index in [1.165, 1.54) is 5.56 Å². The number of nitrogens with zero attached hydrogens (tertiary/aromatic N) is 2. The van der Waals surface area contributed by atoms with E-state index >= 15 is 0 Å². The average molecular weight is 242 g/mol. The lowest BCUT2D eigenvalue weighted by molar-refractivity contribution is 0.206. The molecule has 18 heavy (non-hydrogen) atoms. The van der Waals surface area contributed by atoms with Crippen LogP contribution in [0.3, 0.4) is 0 Å². The van der Waals surface area contributed by atoms with Gasteiger partial charge in [0.25, 0.3) is 0 Å². The average Bonchev–Trinajstić information content (AvgIpc) is 2.82. The fourth-order valence-electron chi connectivity index (χ4n) is 2.69. The largest absolute Gasteiger partial charge is 0.394 e. The van der Waals surface area contributed by atoms with Crippen LogP contribution in [-0.2, 0) is 6.42 Å². The highest BCUT2D eigenvalue weighted by atomic mass is 16.3. The third kappa shape index (κ3) is 1.95. The van der Waals surface area contributed by atoms with Crippen LogP contribution in [0.25, 0.3) is 11.3 Å². The van der Waals surface area contributed by atoms with Crippen molar-refractivity contribution in [2.75, 3.05) is 6.61 Å². The van der Waals surface area contributed by atoms with Gasteiger partial charge in [0, 0.05) is 18.2 Å². The van der Waals surface area contributed by atoms with Crippen molar-refractivity contribution in [1.82, 2.24) is 9.55 Å². The minimum atomic E-state index is 0.205. The summed E-state index contributed by atoms with van der Waals surface area (Å²) < 4.78 is 2.15. The Morgan fingerprint density at radius 2 is 2.33 bits per heavy atom. The molecule has 1 aliphatic rings. The second kappa shape index (κ2) is 4.58. The molecule has 1 aliphatic heterocycles. The standard InChI is InChI=1S/C15H18N2O/c1-11-4-2-5-12(8-11)14-9-17-13(10-18)6-3-7-15(17)16-14/h2,4-5,8-9,13,18H,3,6-7,10H2,1H3. The predicted octanol–water partition coefficient (Wildman–Crippen LogP) is 2.73. The minimum absolute atomic E-state index is 0.205. The Hall–Kier alpha value is -1.61. The fourth-order valence-corrected chi connectivity index (χ4v) is 2.69. The number of benzene rings is 1. The molecule has 3 nitrogen and oxygen atoms in total. The van der Waals surface area contributed by atoms with E-state index in [1.807, 2.05) is 0 Å². The molecular weight excluding hydrogens is 224 g/mol. The van der Waals surface area contributed by atoms with E-state index < -0.39 is 0 Å². The molecular formula is C15H18N2O. The molecule has 0 amide bonds. The van der Waals surface area contributed by atoms with Crippen molar-refractivity contribution in [2.45, 2.75) is 32.2 Å². The molecule has 0 radical (unpaired) electrons. The van der Waals surface area contributed by atoms with E-state index in [0.717, 1.165) is 36.3 Å². The zero-order valence-electron chi connectivity index (χ0n) is 10.6. The normalized spacial score (nSPS) is 18.7. The van der Waals surface area contributed by atoms with Crippen LogP contribution >= 0.6 is 0 Å². The number of aryl methyl sites for hydroxylation is 2. The summed E-state index contributed by atoms with van der Waals surface area (Å²) in [4.78, 5) is 4.71. The third-order valence-electron chi connectivity index (χ3n) is 3.66. The van der Waals surface area contributed by atoms with Crippen molar-refractivity contribution >= 4 is 0 Å². The maximum Gasteiger partial charge on any atom is 0.109 e. The number of imidazole rings is 1. The fraction of sp³-hybridized carbons (Fsp3) is 0.400. The molecule has 94 valence electrons. The monoisotopic (exact) mass is 242 g/mol. The molecule has 1 N–H and O–H groups in total. The topological polar surface area (TPSA) is 38.0 Å². The van der Waals surface area contributed by atoms with Gasteiger partial charge in [-0.1, -0.05) is 23.8 Å². The zero-order chi connectivity index (χ0) is 12.5. The minimum Gasteiger partial charge on any atom is -0.394 e. The van der Waals surface area contributed by atoms with Crippen molar-refractivity contribution < 1.29 is 5.11 Å². The summed E-state index contributed by atoms with van der Waals surface area (Å²) in [6.45, 7) is 2.30. The first-order valence-corrected chi connectivity index (χ1v) is 6.53. The van der Waals surface area contributed by atoms with Crippen LogP contribution in [0, 0.1) is 6.92 Å². The lowest BCUT2D eigenvalue weighted by Crippen LogP contribution is -2.20. The summed E-state index contributed by atoms with van der Waals surface area (Å²) >= 11 is 0. The Morgan fingerprint density at radius 1 is 1.44 bits per heavy atom. The van der Waals surface area contributed by atoms with Gasteiger partial charge in [0.2, 0.25) is 0 Å². The lowest BCUT2D eigenvalue weighted by Gasteiger charge is -2.22. The van der Waals surface area contributed by atoms with E-state index in [4.69, 9.17) is 4.98 Å². The molecule has 0 saturated carbocycles. The number of fused-ring (bicyclic) bond motifs is 1. The molecule has 1 aromatic heterocycles. The van der Waals surface area contributed by atoms with Gasteiger partial charge >= 0.3 is 0 Å². The van der Waals surface area contributed by atoms with Gasteiger partial charge in [-0.2, -0.15) is 0 Å². The van der Waals surface area contributed by atoms with E-state index in [0.29, 0.717) is 0 Å². The molecule has 1 aromatic carbocycles. The number of hydrogen-bond acceptors (Lipinski definition) is 2. The summed E-state index contributed by atoms with van der Waals surface area (Å²) in [5.74, 6) is 1.11. The smallest absolute Gasteiger partial charge is 0.109 e. The van der Waals surface area contributed by atoms with Gasteiger partial charge in [-0.3, -0.25) is 0 Å². The highest BCUT2D eigenvalue weighted by Gasteiger charge is 2.21. The Labute approximate surface area is 107 Å². The number of hydrogen-bond donors (Lipinski definition) is 1. The Balaban J connectivity index is 2.02. The molecule has 0 aliphatic carbocycles.